The van der Waals surface area contributed by atoms with E-state index in [1.165, 1.54) is 48.5 Å². The summed E-state index contributed by atoms with van der Waals surface area (Å²) < 4.78 is 247. The van der Waals surface area contributed by atoms with Crippen LogP contribution in [0.1, 0.15) is 44.5 Å². The molecule has 0 aliphatic heterocycles. The van der Waals surface area contributed by atoms with Gasteiger partial charge in [0.2, 0.25) is 0 Å². The molecular formula is C118H64F16N8. The van der Waals surface area contributed by atoms with Gasteiger partial charge in [-0.15, -0.1) is 0 Å². The maximum absolute atomic E-state index is 15.9. The van der Waals surface area contributed by atoms with E-state index < -0.39 is 127 Å². The Kier molecular flexibility index (Phi) is 21.6. The number of pyridine rings is 4. The highest BCUT2D eigenvalue weighted by molar-refractivity contribution is 6.02. The molecule has 24 heteroatoms. The van der Waals surface area contributed by atoms with E-state index in [4.69, 9.17) is 0 Å². The first-order chi connectivity index (χ1) is 69.1. The Bertz CT molecular complexity index is 7260. The Hall–Kier alpha value is -17.8. The van der Waals surface area contributed by atoms with Crippen LogP contribution in [0.25, 0.3) is 89.0 Å². The molecular weight excluding hydrogens is 1830 g/mol. The molecule has 688 valence electrons. The van der Waals surface area contributed by atoms with Crippen molar-refractivity contribution in [3.8, 4) is 89.0 Å². The van der Waals surface area contributed by atoms with Crippen molar-refractivity contribution in [1.82, 2.24) is 19.9 Å². The highest BCUT2D eigenvalue weighted by Gasteiger charge is 2.56. The van der Waals surface area contributed by atoms with E-state index >= 15 is 35.1 Å². The summed E-state index contributed by atoms with van der Waals surface area (Å²) in [7, 11) is 0. The van der Waals surface area contributed by atoms with Gasteiger partial charge in [-0.2, -0.15) is 55.1 Å². The zero-order chi connectivity index (χ0) is 97.4. The van der Waals surface area contributed by atoms with E-state index in [1.807, 2.05) is 335 Å². The largest absolute Gasteiger partial charge is 0.310 e. The standard InChI is InChI=1S/2C59H32F8N4/c2*60-51-49(52(61)56(65)68-55(51)64)33-21-25-41-42-26-22-34(50-53(62)57(66)69-58(67)54(50)63)30-46(42)59(45(41)29-33)47-31-39(70(35-13-5-1-6-14-35)36-15-7-2-8-16-36)23-27-43(47)44-28-24-40(32-48(44)59)71(37-17-9-3-10-18-37)38-19-11-4-12-20-38/h2*1-32H. The number of halogens is 16. The number of para-hydroxylation sites is 8. The van der Waals surface area contributed by atoms with Crippen molar-refractivity contribution in [2.24, 2.45) is 0 Å². The molecule has 142 heavy (non-hydrogen) atoms. The van der Waals surface area contributed by atoms with Crippen molar-refractivity contribution in [3.63, 3.8) is 0 Å². The lowest BCUT2D eigenvalue weighted by molar-refractivity contribution is 0.410. The van der Waals surface area contributed by atoms with E-state index in [0.29, 0.717) is 112 Å². The maximum atomic E-state index is 15.9. The number of benzene rings is 16. The first-order valence-electron chi connectivity index (χ1n) is 44.7. The van der Waals surface area contributed by atoms with E-state index in [-0.39, 0.29) is 22.3 Å². The number of anilines is 12. The van der Waals surface area contributed by atoms with Crippen LogP contribution in [0.4, 0.5) is 138 Å². The van der Waals surface area contributed by atoms with Crippen LogP contribution in [0.5, 0.6) is 0 Å². The summed E-state index contributed by atoms with van der Waals surface area (Å²) in [5.41, 5.74) is 9.48. The third kappa shape index (κ3) is 14.0. The molecule has 0 N–H and O–H groups in total. The Balaban J connectivity index is 0.000000158. The predicted octanol–water partition coefficient (Wildman–Crippen LogP) is 32.4. The van der Waals surface area contributed by atoms with Crippen molar-refractivity contribution in [3.05, 3.63) is 527 Å². The van der Waals surface area contributed by atoms with Gasteiger partial charge in [-0.1, -0.05) is 218 Å². The summed E-state index contributed by atoms with van der Waals surface area (Å²) in [6.07, 6.45) is 0. The number of fused-ring (bicyclic) bond motifs is 20. The first kappa shape index (κ1) is 88.2. The smallest absolute Gasteiger partial charge is 0.252 e. The predicted molar refractivity (Wildman–Crippen MR) is 516 cm³/mol. The van der Waals surface area contributed by atoms with Gasteiger partial charge in [-0.05, 0) is 281 Å². The SMILES string of the molecule is Fc1nc(F)c(F)c(-c2ccc3c(c2)C2(c4cc(-c5c(F)c(F)nc(F)c5F)ccc4-3)c3cc(N(c4ccccc4)c4ccccc4)ccc3-c3ccc(N(c4ccccc4)c4ccccc4)cc32)c1F.Fc1nc(F)c(F)c(-c2ccc3c(c2)C2(c4cc(-c5c(F)c(F)nc(F)c5F)ccc4-3)c3cc(N(c4ccccc4)c4ccccc4)ccc3-c3ccc(N(c4ccccc4)c4ccccc4)cc32)c1F. The summed E-state index contributed by atoms with van der Waals surface area (Å²) in [4.78, 5) is 19.4. The summed E-state index contributed by atoms with van der Waals surface area (Å²) in [6, 6.07) is 118. The molecule has 2 spiro atoms. The van der Waals surface area contributed by atoms with Gasteiger partial charge in [-0.3, -0.25) is 0 Å². The summed E-state index contributed by atoms with van der Waals surface area (Å²) in [5.74, 6) is -28.6. The average Bonchev–Trinajstić information content (AvgIpc) is 1.50. The number of nitrogens with zero attached hydrogens (tertiary/aromatic N) is 8. The Labute approximate surface area is 800 Å². The van der Waals surface area contributed by atoms with Gasteiger partial charge in [0, 0.05) is 68.2 Å². The molecule has 4 aliphatic rings. The normalized spacial score (nSPS) is 12.6. The van der Waals surface area contributed by atoms with Gasteiger partial charge in [0.05, 0.1) is 33.1 Å². The summed E-state index contributed by atoms with van der Waals surface area (Å²) >= 11 is 0. The molecule has 4 aromatic heterocycles. The molecule has 0 bridgehead atoms. The molecule has 0 atom stereocenters. The number of hydrogen-bond donors (Lipinski definition) is 0. The molecule has 0 unspecified atom stereocenters. The minimum Gasteiger partial charge on any atom is -0.310 e. The Morgan fingerprint density at radius 1 is 0.141 bits per heavy atom. The molecule has 20 aromatic rings. The fourth-order valence-corrected chi connectivity index (χ4v) is 21.0. The molecule has 4 aliphatic carbocycles. The summed E-state index contributed by atoms with van der Waals surface area (Å²) in [6.45, 7) is 0. The van der Waals surface area contributed by atoms with Crippen LogP contribution in [0.2, 0.25) is 0 Å². The van der Waals surface area contributed by atoms with Crippen LogP contribution in [-0.4, -0.2) is 19.9 Å². The second-order valence-electron chi connectivity index (χ2n) is 34.3. The van der Waals surface area contributed by atoms with Gasteiger partial charge >= 0.3 is 0 Å². The van der Waals surface area contributed by atoms with E-state index in [1.54, 1.807) is 24.3 Å². The molecule has 8 nitrogen and oxygen atoms in total. The number of aromatic nitrogens is 4. The fourth-order valence-electron chi connectivity index (χ4n) is 21.0. The highest BCUT2D eigenvalue weighted by atomic mass is 19.2. The second kappa shape index (κ2) is 34.7. The summed E-state index contributed by atoms with van der Waals surface area (Å²) in [5, 5.41) is 0. The van der Waals surface area contributed by atoms with Gasteiger partial charge in [0.15, 0.2) is 46.5 Å². The van der Waals surface area contributed by atoms with Gasteiger partial charge in [0.1, 0.15) is 0 Å². The van der Waals surface area contributed by atoms with Crippen LogP contribution in [0.3, 0.4) is 0 Å². The van der Waals surface area contributed by atoms with E-state index in [2.05, 4.69) is 19.9 Å². The Morgan fingerprint density at radius 3 is 0.423 bits per heavy atom. The molecule has 0 saturated carbocycles. The van der Waals surface area contributed by atoms with E-state index in [0.717, 1.165) is 45.5 Å². The van der Waals surface area contributed by atoms with Crippen molar-refractivity contribution >= 4 is 68.2 Å². The zero-order valence-corrected chi connectivity index (χ0v) is 73.6. The van der Waals surface area contributed by atoms with Crippen LogP contribution < -0.4 is 19.6 Å². The average molecular weight is 1900 g/mol. The zero-order valence-electron chi connectivity index (χ0n) is 73.6. The van der Waals surface area contributed by atoms with Crippen molar-refractivity contribution in [1.29, 1.82) is 0 Å². The lowest BCUT2D eigenvalue weighted by Gasteiger charge is -2.33. The quantitative estimate of drug-likeness (QED) is 0.0700. The number of hydrogen-bond acceptors (Lipinski definition) is 8. The molecule has 0 fully saturated rings. The molecule has 0 amide bonds. The van der Waals surface area contributed by atoms with Gasteiger partial charge in [0.25, 0.3) is 47.6 Å². The first-order valence-corrected chi connectivity index (χ1v) is 44.7. The molecule has 0 radical (unpaired) electrons. The molecule has 16 aromatic carbocycles. The maximum Gasteiger partial charge on any atom is 0.252 e. The van der Waals surface area contributed by atoms with Crippen LogP contribution in [0.15, 0.2) is 388 Å². The van der Waals surface area contributed by atoms with Gasteiger partial charge in [-0.25, -0.2) is 35.1 Å². The monoisotopic (exact) mass is 1900 g/mol. The fraction of sp³-hybridized carbons (Fsp3) is 0.0169. The third-order valence-corrected chi connectivity index (χ3v) is 26.8. The third-order valence-electron chi connectivity index (χ3n) is 26.8. The number of rotatable bonds is 16. The minimum atomic E-state index is -1.85. The molecule has 0 saturated heterocycles. The van der Waals surface area contributed by atoms with Gasteiger partial charge < -0.3 is 19.6 Å². The van der Waals surface area contributed by atoms with Crippen LogP contribution in [-0.2, 0) is 10.8 Å². The topological polar surface area (TPSA) is 64.5 Å². The van der Waals surface area contributed by atoms with Crippen LogP contribution in [0, 0.1) is 94.1 Å². The lowest BCUT2D eigenvalue weighted by atomic mass is 9.69. The van der Waals surface area contributed by atoms with Crippen molar-refractivity contribution < 1.29 is 70.2 Å². The highest BCUT2D eigenvalue weighted by Crippen LogP contribution is 2.68. The van der Waals surface area contributed by atoms with Crippen molar-refractivity contribution in [2.45, 2.75) is 10.8 Å². The minimum absolute atomic E-state index is 0.241. The Morgan fingerprint density at radius 2 is 0.275 bits per heavy atom. The van der Waals surface area contributed by atoms with Crippen molar-refractivity contribution in [2.75, 3.05) is 19.6 Å². The lowest BCUT2D eigenvalue weighted by Crippen LogP contribution is -2.27. The van der Waals surface area contributed by atoms with E-state index in [9.17, 15) is 35.1 Å². The molecule has 24 rings (SSSR count). The second-order valence-corrected chi connectivity index (χ2v) is 34.3. The molecule has 4 heterocycles. The van der Waals surface area contributed by atoms with Crippen LogP contribution >= 0.6 is 0 Å².